The van der Waals surface area contributed by atoms with Gasteiger partial charge >= 0.3 is 0 Å². The van der Waals surface area contributed by atoms with E-state index >= 15 is 0 Å². The van der Waals surface area contributed by atoms with Crippen LogP contribution in [0.15, 0.2) is 38.8 Å². The van der Waals surface area contributed by atoms with E-state index in [9.17, 15) is 0 Å². The maximum Gasteiger partial charge on any atom is 0.136 e. The first-order chi connectivity index (χ1) is 7.34. The monoisotopic (exact) mass is 236 g/mol. The summed E-state index contributed by atoms with van der Waals surface area (Å²) in [5.41, 5.74) is 2.67. The molecule has 0 bridgehead atoms. The summed E-state index contributed by atoms with van der Waals surface area (Å²) >= 11 is 7.11. The van der Waals surface area contributed by atoms with Gasteiger partial charge in [0, 0.05) is 16.8 Å². The Hall–Kier alpha value is -1.26. The average Bonchev–Trinajstić information content (AvgIpc) is 2.29. The lowest BCUT2D eigenvalue weighted by atomic mass is 10.0. The molecule has 0 radical (unpaired) electrons. The second kappa shape index (κ2) is 3.40. The smallest absolute Gasteiger partial charge is 0.136 e. The van der Waals surface area contributed by atoms with Gasteiger partial charge in [0.15, 0.2) is 0 Å². The molecule has 15 heavy (non-hydrogen) atoms. The first-order valence-corrected chi connectivity index (χ1v) is 5.40. The van der Waals surface area contributed by atoms with Crippen molar-refractivity contribution in [2.45, 2.75) is 0 Å². The molecule has 0 N–H and O–H groups in total. The summed E-state index contributed by atoms with van der Waals surface area (Å²) in [6.45, 7) is 0. The van der Waals surface area contributed by atoms with Crippen LogP contribution < -0.4 is 4.74 Å². The van der Waals surface area contributed by atoms with Gasteiger partial charge in [0.2, 0.25) is 0 Å². The molecule has 74 valence electrons. The fourth-order valence-corrected chi connectivity index (χ4v) is 2.13. The van der Waals surface area contributed by atoms with E-state index < -0.39 is 0 Å². The number of rotatable bonds is 0. The Balaban J connectivity index is 2.19. The minimum Gasteiger partial charge on any atom is -0.464 e. The number of halogens is 1. The van der Waals surface area contributed by atoms with Crippen LogP contribution >= 0.6 is 23.7 Å². The molecule has 5 heteroatoms. The molecule has 3 nitrogen and oxygen atoms in total. The molecule has 2 aliphatic rings. The summed E-state index contributed by atoms with van der Waals surface area (Å²) in [6.07, 6.45) is 3.38. The predicted molar refractivity (Wildman–Crippen MR) is 62.8 cm³/mol. The Morgan fingerprint density at radius 1 is 1.33 bits per heavy atom. The molecule has 0 saturated heterocycles. The second-order valence-electron chi connectivity index (χ2n) is 3.09. The highest BCUT2D eigenvalue weighted by molar-refractivity contribution is 7.97. The normalized spacial score (nSPS) is 17.1. The molecule has 1 aromatic rings. The van der Waals surface area contributed by atoms with E-state index in [0.29, 0.717) is 5.02 Å². The number of ether oxygens (including phenoxy) is 1. The van der Waals surface area contributed by atoms with Gasteiger partial charge in [0.05, 0.1) is 11.3 Å². The first-order valence-electron chi connectivity index (χ1n) is 4.29. The van der Waals surface area contributed by atoms with Gasteiger partial charge in [-0.15, -0.1) is 0 Å². The summed E-state index contributed by atoms with van der Waals surface area (Å²) in [5, 5.41) is 0.675. The molecule has 0 fully saturated rings. The predicted octanol–water partition coefficient (Wildman–Crippen LogP) is 3.05. The lowest BCUT2D eigenvalue weighted by Gasteiger charge is -2.18. The van der Waals surface area contributed by atoms with Crippen LogP contribution in [-0.4, -0.2) is 11.9 Å². The number of fused-ring (bicyclic) bond motifs is 3. The molecule has 0 saturated carbocycles. The van der Waals surface area contributed by atoms with Crippen molar-refractivity contribution in [1.29, 1.82) is 0 Å². The highest BCUT2D eigenvalue weighted by Gasteiger charge is 2.21. The third kappa shape index (κ3) is 1.46. The maximum atomic E-state index is 5.94. The lowest BCUT2D eigenvalue weighted by molar-refractivity contribution is 0.475. The number of allylic oxidation sites excluding steroid dienone is 1. The summed E-state index contributed by atoms with van der Waals surface area (Å²) in [6, 6.07) is 5.48. The Bertz CT molecular complexity index is 522. The van der Waals surface area contributed by atoms with Gasteiger partial charge in [0.25, 0.3) is 0 Å². The molecule has 0 amide bonds. The van der Waals surface area contributed by atoms with Gasteiger partial charge in [-0.3, -0.25) is 0 Å². The molecular formula is C10H5ClN2OS. The van der Waals surface area contributed by atoms with E-state index in [0.717, 1.165) is 22.6 Å². The third-order valence-corrected chi connectivity index (χ3v) is 2.85. The van der Waals surface area contributed by atoms with Gasteiger partial charge in [0.1, 0.15) is 24.1 Å². The van der Waals surface area contributed by atoms with Crippen molar-refractivity contribution >= 4 is 35.7 Å². The van der Waals surface area contributed by atoms with Crippen molar-refractivity contribution in [3.8, 4) is 5.75 Å². The minimum atomic E-state index is 0.675. The minimum absolute atomic E-state index is 0.675. The zero-order valence-corrected chi connectivity index (χ0v) is 9.05. The SMILES string of the molecule is Clc1ccc2c(c1)C1=NSN=CC1=CO2. The zero-order valence-electron chi connectivity index (χ0n) is 7.48. The fraction of sp³-hybridized carbons (Fsp3) is 0. The van der Waals surface area contributed by atoms with E-state index in [1.54, 1.807) is 18.5 Å². The Morgan fingerprint density at radius 3 is 3.20 bits per heavy atom. The van der Waals surface area contributed by atoms with Crippen LogP contribution in [0.2, 0.25) is 5.02 Å². The largest absolute Gasteiger partial charge is 0.464 e. The maximum absolute atomic E-state index is 5.94. The summed E-state index contributed by atoms with van der Waals surface area (Å²) in [4.78, 5) is 0. The van der Waals surface area contributed by atoms with E-state index in [4.69, 9.17) is 16.3 Å². The molecular weight excluding hydrogens is 232 g/mol. The standard InChI is InChI=1S/C10H5ClN2OS/c11-7-1-2-9-8(3-7)10-6(5-14-9)4-12-15-13-10/h1-5H. The zero-order chi connectivity index (χ0) is 10.3. The van der Waals surface area contributed by atoms with Crippen molar-refractivity contribution in [3.05, 3.63) is 40.6 Å². The number of hydrogen-bond acceptors (Lipinski definition) is 4. The molecule has 2 heterocycles. The third-order valence-electron chi connectivity index (χ3n) is 2.15. The van der Waals surface area contributed by atoms with E-state index in [2.05, 4.69) is 8.80 Å². The molecule has 3 rings (SSSR count). The van der Waals surface area contributed by atoms with Crippen LogP contribution in [0.25, 0.3) is 0 Å². The van der Waals surface area contributed by atoms with Crippen LogP contribution in [0.1, 0.15) is 5.56 Å². The van der Waals surface area contributed by atoms with Crippen molar-refractivity contribution in [2.75, 3.05) is 0 Å². The Labute approximate surface area is 95.8 Å². The second-order valence-corrected chi connectivity index (χ2v) is 4.08. The van der Waals surface area contributed by atoms with E-state index in [1.807, 2.05) is 12.1 Å². The first kappa shape index (κ1) is 9.00. The molecule has 0 aromatic heterocycles. The highest BCUT2D eigenvalue weighted by atomic mass is 35.5. The van der Waals surface area contributed by atoms with Crippen molar-refractivity contribution in [2.24, 2.45) is 8.80 Å². The number of benzene rings is 1. The van der Waals surface area contributed by atoms with Gasteiger partial charge < -0.3 is 4.74 Å². The molecule has 2 aliphatic heterocycles. The van der Waals surface area contributed by atoms with E-state index in [1.165, 1.54) is 12.1 Å². The van der Waals surface area contributed by atoms with Crippen molar-refractivity contribution in [1.82, 2.24) is 0 Å². The summed E-state index contributed by atoms with van der Waals surface area (Å²) in [5.74, 6) is 0.776. The van der Waals surface area contributed by atoms with Gasteiger partial charge in [-0.1, -0.05) is 11.6 Å². The summed E-state index contributed by atoms with van der Waals surface area (Å²) < 4.78 is 13.7. The fourth-order valence-electron chi connectivity index (χ4n) is 1.47. The summed E-state index contributed by atoms with van der Waals surface area (Å²) in [7, 11) is 0. The quantitative estimate of drug-likeness (QED) is 0.649. The van der Waals surface area contributed by atoms with Crippen LogP contribution in [0, 0.1) is 0 Å². The van der Waals surface area contributed by atoms with Crippen LogP contribution in [-0.2, 0) is 0 Å². The Kier molecular flexibility index (Phi) is 2.04. The van der Waals surface area contributed by atoms with Gasteiger partial charge in [-0.25, -0.2) is 4.40 Å². The topological polar surface area (TPSA) is 34.0 Å². The van der Waals surface area contributed by atoms with Crippen LogP contribution in [0.3, 0.4) is 0 Å². The van der Waals surface area contributed by atoms with Crippen LogP contribution in [0.4, 0.5) is 0 Å². The van der Waals surface area contributed by atoms with Crippen molar-refractivity contribution < 1.29 is 4.74 Å². The molecule has 1 aromatic carbocycles. The van der Waals surface area contributed by atoms with Crippen LogP contribution in [0.5, 0.6) is 5.75 Å². The highest BCUT2D eigenvalue weighted by Crippen LogP contribution is 2.31. The van der Waals surface area contributed by atoms with Gasteiger partial charge in [-0.05, 0) is 18.2 Å². The van der Waals surface area contributed by atoms with E-state index in [-0.39, 0.29) is 0 Å². The number of hydrogen-bond donors (Lipinski definition) is 0. The molecule has 0 aliphatic carbocycles. The molecule has 0 spiro atoms. The lowest BCUT2D eigenvalue weighted by Crippen LogP contribution is -2.14. The van der Waals surface area contributed by atoms with Crippen molar-refractivity contribution in [3.63, 3.8) is 0 Å². The molecule has 0 unspecified atom stereocenters. The number of nitrogens with zero attached hydrogens (tertiary/aromatic N) is 2. The molecule has 0 atom stereocenters. The van der Waals surface area contributed by atoms with Gasteiger partial charge in [-0.2, -0.15) is 4.40 Å². The Morgan fingerprint density at radius 2 is 2.27 bits per heavy atom. The average molecular weight is 237 g/mol.